The van der Waals surface area contributed by atoms with Crippen LogP contribution in [0, 0.1) is 5.82 Å². The van der Waals surface area contributed by atoms with Crippen LogP contribution in [0.2, 0.25) is 0 Å². The minimum Gasteiger partial charge on any atom is -0.478 e. The molecule has 1 amide bonds. The highest BCUT2D eigenvalue weighted by Gasteiger charge is 2.28. The highest BCUT2D eigenvalue weighted by atomic mass is 79.9. The van der Waals surface area contributed by atoms with Gasteiger partial charge >= 0.3 is 5.97 Å². The van der Waals surface area contributed by atoms with E-state index in [0.29, 0.717) is 8.95 Å². The van der Waals surface area contributed by atoms with Crippen LogP contribution in [0.25, 0.3) is 0 Å². The maximum atomic E-state index is 13.7. The fraction of sp³-hybridized carbons (Fsp3) is 0. The van der Waals surface area contributed by atoms with Crippen LogP contribution in [-0.2, 0) is 0 Å². The van der Waals surface area contributed by atoms with E-state index in [1.807, 2.05) is 0 Å². The zero-order valence-electron chi connectivity index (χ0n) is 11.0. The molecule has 120 valence electrons. The molecule has 0 saturated carbocycles. The van der Waals surface area contributed by atoms with Crippen molar-refractivity contribution in [2.24, 2.45) is 0 Å². The quantitative estimate of drug-likeness (QED) is 0.358. The second-order valence-electron chi connectivity index (χ2n) is 4.25. The fourth-order valence-corrected chi connectivity index (χ4v) is 4.26. The Morgan fingerprint density at radius 1 is 0.913 bits per heavy atom. The minimum atomic E-state index is -1.30. The summed E-state index contributed by atoms with van der Waals surface area (Å²) in [4.78, 5) is 24.0. The van der Waals surface area contributed by atoms with Crippen molar-refractivity contribution in [1.29, 1.82) is 0 Å². The number of carbonyl (C=O) groups excluding carboxylic acids is 1. The molecule has 23 heavy (non-hydrogen) atoms. The lowest BCUT2D eigenvalue weighted by molar-refractivity contribution is 0.0691. The van der Waals surface area contributed by atoms with E-state index in [1.165, 1.54) is 18.2 Å². The van der Waals surface area contributed by atoms with E-state index >= 15 is 0 Å². The van der Waals surface area contributed by atoms with Gasteiger partial charge in [-0.3, -0.25) is 4.79 Å². The van der Waals surface area contributed by atoms with Crippen molar-refractivity contribution < 1.29 is 19.1 Å². The maximum Gasteiger partial charge on any atom is 0.337 e. The second kappa shape index (κ2) is 7.42. The van der Waals surface area contributed by atoms with Crippen LogP contribution in [0.3, 0.4) is 0 Å². The molecule has 0 fully saturated rings. The van der Waals surface area contributed by atoms with Gasteiger partial charge in [0.05, 0.1) is 16.8 Å². The van der Waals surface area contributed by atoms with Crippen LogP contribution in [-0.4, -0.2) is 17.0 Å². The number of amides is 1. The number of rotatable bonds is 3. The Labute approximate surface area is 164 Å². The highest BCUT2D eigenvalue weighted by molar-refractivity contribution is 9.15. The Bertz CT molecular complexity index is 826. The molecule has 0 heterocycles. The van der Waals surface area contributed by atoms with Gasteiger partial charge in [-0.15, -0.1) is 0 Å². The molecule has 2 rings (SSSR count). The number of aromatic carboxylic acids is 1. The van der Waals surface area contributed by atoms with Gasteiger partial charge in [0, 0.05) is 17.9 Å². The molecule has 4 nitrogen and oxygen atoms in total. The predicted octanol–water partition coefficient (Wildman–Crippen LogP) is 5.83. The van der Waals surface area contributed by atoms with Gasteiger partial charge in [-0.05, 0) is 75.9 Å². The van der Waals surface area contributed by atoms with Crippen LogP contribution >= 0.6 is 63.7 Å². The molecule has 0 bridgehead atoms. The van der Waals surface area contributed by atoms with Crippen molar-refractivity contribution in [2.45, 2.75) is 0 Å². The summed E-state index contributed by atoms with van der Waals surface area (Å²) in [5.41, 5.74) is -0.431. The number of carbonyl (C=O) groups is 2. The number of benzene rings is 2. The topological polar surface area (TPSA) is 66.4 Å². The van der Waals surface area contributed by atoms with E-state index in [1.54, 1.807) is 6.07 Å². The van der Waals surface area contributed by atoms with Gasteiger partial charge < -0.3 is 10.4 Å². The second-order valence-corrected chi connectivity index (χ2v) is 7.42. The van der Waals surface area contributed by atoms with E-state index < -0.39 is 17.7 Å². The van der Waals surface area contributed by atoms with Gasteiger partial charge in [0.15, 0.2) is 0 Å². The van der Waals surface area contributed by atoms with E-state index in [-0.39, 0.29) is 25.8 Å². The number of para-hydroxylation sites is 1. The first-order valence-electron chi connectivity index (χ1n) is 5.90. The third-order valence-corrected chi connectivity index (χ3v) is 7.60. The first kappa shape index (κ1) is 18.6. The standard InChI is InChI=1S/C14H6Br4FNO3/c15-9-7(8(14(22)23)10(16)12(18)11(9)17)13(21)20-6-4-2-1-3-5(6)19/h1-4H,(H,20,21)(H,22,23). The average Bonchev–Trinajstić information content (AvgIpc) is 2.50. The molecular formula is C14H6Br4FNO3. The van der Waals surface area contributed by atoms with Crippen LogP contribution in [0.5, 0.6) is 0 Å². The Morgan fingerprint density at radius 2 is 1.43 bits per heavy atom. The van der Waals surface area contributed by atoms with Gasteiger partial charge in [-0.25, -0.2) is 9.18 Å². The molecule has 0 aromatic heterocycles. The monoisotopic (exact) mass is 571 g/mol. The molecule has 0 saturated heterocycles. The third kappa shape index (κ3) is 3.67. The summed E-state index contributed by atoms with van der Waals surface area (Å²) in [6.45, 7) is 0. The maximum absolute atomic E-state index is 13.7. The molecule has 2 aromatic carbocycles. The van der Waals surface area contributed by atoms with Gasteiger partial charge in [-0.1, -0.05) is 12.1 Å². The Morgan fingerprint density at radius 3 is 1.96 bits per heavy atom. The molecule has 0 spiro atoms. The van der Waals surface area contributed by atoms with E-state index in [0.717, 1.165) is 0 Å². The lowest BCUT2D eigenvalue weighted by Crippen LogP contribution is -2.19. The summed E-state index contributed by atoms with van der Waals surface area (Å²) in [5.74, 6) is -2.68. The van der Waals surface area contributed by atoms with Gasteiger partial charge in [0.25, 0.3) is 5.91 Å². The zero-order valence-corrected chi connectivity index (χ0v) is 17.3. The summed E-state index contributed by atoms with van der Waals surface area (Å²) in [6.07, 6.45) is 0. The van der Waals surface area contributed by atoms with Crippen molar-refractivity contribution in [3.63, 3.8) is 0 Å². The number of anilines is 1. The smallest absolute Gasteiger partial charge is 0.337 e. The van der Waals surface area contributed by atoms with E-state index in [2.05, 4.69) is 69.0 Å². The molecule has 0 radical (unpaired) electrons. The third-order valence-electron chi connectivity index (χ3n) is 2.83. The number of halogens is 5. The average molecular weight is 575 g/mol. The Balaban J connectivity index is 2.61. The van der Waals surface area contributed by atoms with Crippen LogP contribution < -0.4 is 5.32 Å². The normalized spacial score (nSPS) is 10.5. The molecule has 0 aliphatic carbocycles. The zero-order chi connectivity index (χ0) is 17.3. The highest BCUT2D eigenvalue weighted by Crippen LogP contribution is 2.42. The molecule has 0 unspecified atom stereocenters. The van der Waals surface area contributed by atoms with Crippen molar-refractivity contribution in [3.05, 3.63) is 59.1 Å². The molecule has 2 aromatic rings. The Hall–Kier alpha value is -0.770. The summed E-state index contributed by atoms with van der Waals surface area (Å²) in [5, 5.41) is 11.8. The van der Waals surface area contributed by atoms with Crippen LogP contribution in [0.15, 0.2) is 42.2 Å². The molecule has 0 aliphatic rings. The SMILES string of the molecule is O=C(O)c1c(Br)c(Br)c(Br)c(Br)c1C(=O)Nc1ccccc1F. The Kier molecular flexibility index (Phi) is 5.99. The summed E-state index contributed by atoms with van der Waals surface area (Å²) in [7, 11) is 0. The van der Waals surface area contributed by atoms with Gasteiger partial charge in [-0.2, -0.15) is 0 Å². The van der Waals surface area contributed by atoms with Crippen molar-refractivity contribution in [3.8, 4) is 0 Å². The van der Waals surface area contributed by atoms with Crippen LogP contribution in [0.1, 0.15) is 20.7 Å². The van der Waals surface area contributed by atoms with Gasteiger partial charge in [0.2, 0.25) is 0 Å². The lowest BCUT2D eigenvalue weighted by atomic mass is 10.1. The van der Waals surface area contributed by atoms with E-state index in [4.69, 9.17) is 0 Å². The number of hydrogen-bond donors (Lipinski definition) is 2. The van der Waals surface area contributed by atoms with Crippen molar-refractivity contribution in [2.75, 3.05) is 5.32 Å². The van der Waals surface area contributed by atoms with Crippen molar-refractivity contribution >= 4 is 81.3 Å². The molecule has 9 heteroatoms. The number of carboxylic acids is 1. The first-order valence-corrected chi connectivity index (χ1v) is 9.08. The summed E-state index contributed by atoms with van der Waals surface area (Å²) in [6, 6.07) is 5.61. The molecular weight excluding hydrogens is 569 g/mol. The van der Waals surface area contributed by atoms with E-state index in [9.17, 15) is 19.1 Å². The number of nitrogens with one attached hydrogen (secondary N) is 1. The number of hydrogen-bond acceptors (Lipinski definition) is 2. The fourth-order valence-electron chi connectivity index (χ4n) is 1.79. The van der Waals surface area contributed by atoms with Gasteiger partial charge in [0.1, 0.15) is 5.82 Å². The van der Waals surface area contributed by atoms with Crippen molar-refractivity contribution in [1.82, 2.24) is 0 Å². The molecule has 0 atom stereocenters. The summed E-state index contributed by atoms with van der Waals surface area (Å²) >= 11 is 12.8. The van der Waals surface area contributed by atoms with Crippen LogP contribution in [0.4, 0.5) is 10.1 Å². The summed E-state index contributed by atoms with van der Waals surface area (Å²) < 4.78 is 15.0. The largest absolute Gasteiger partial charge is 0.478 e. The first-order chi connectivity index (χ1) is 10.8. The minimum absolute atomic E-state index is 0.0455. The molecule has 2 N–H and O–H groups in total. The number of carboxylic acid groups (broad SMARTS) is 1. The molecule has 0 aliphatic heterocycles. The lowest BCUT2D eigenvalue weighted by Gasteiger charge is -2.15. The predicted molar refractivity (Wildman–Crippen MR) is 98.6 cm³/mol.